The summed E-state index contributed by atoms with van der Waals surface area (Å²) in [5.41, 5.74) is -1.77. The van der Waals surface area contributed by atoms with E-state index in [4.69, 9.17) is 4.74 Å². The molecule has 1 N–H and O–H groups in total. The Balaban J connectivity index is 2.47. The third-order valence-corrected chi connectivity index (χ3v) is 3.32. The molecule has 0 unspecified atom stereocenters. The molecule has 0 fully saturated rings. The van der Waals surface area contributed by atoms with E-state index in [9.17, 15) is 18.0 Å². The highest BCUT2D eigenvalue weighted by atomic mass is 19.4. The molecule has 0 saturated heterocycles. The van der Waals surface area contributed by atoms with Crippen molar-refractivity contribution >= 4 is 5.91 Å². The quantitative estimate of drug-likeness (QED) is 0.900. The van der Waals surface area contributed by atoms with Gasteiger partial charge in [-0.3, -0.25) is 4.79 Å². The van der Waals surface area contributed by atoms with Crippen LogP contribution in [-0.4, -0.2) is 39.0 Å². The van der Waals surface area contributed by atoms with Crippen LogP contribution in [0.4, 0.5) is 13.2 Å². The van der Waals surface area contributed by atoms with Crippen LogP contribution < -0.4 is 10.1 Å². The van der Waals surface area contributed by atoms with Gasteiger partial charge in [0.05, 0.1) is 18.9 Å². The van der Waals surface area contributed by atoms with Crippen molar-refractivity contribution in [3.05, 3.63) is 29.6 Å². The van der Waals surface area contributed by atoms with Gasteiger partial charge in [-0.15, -0.1) is 10.2 Å². The second kappa shape index (κ2) is 6.85. The number of aromatic nitrogens is 4. The maximum atomic E-state index is 13.4. The first kappa shape index (κ1) is 17.7. The molecule has 7 nitrogen and oxygen atoms in total. The lowest BCUT2D eigenvalue weighted by Crippen LogP contribution is -2.33. The number of rotatable bonds is 5. The maximum absolute atomic E-state index is 13.4. The first-order valence-electron chi connectivity index (χ1n) is 7.12. The number of carbonyl (C=O) groups is 1. The molecule has 1 atom stereocenters. The molecule has 1 amide bonds. The van der Waals surface area contributed by atoms with Crippen molar-refractivity contribution < 1.29 is 22.7 Å². The van der Waals surface area contributed by atoms with Gasteiger partial charge in [0.15, 0.2) is 11.5 Å². The van der Waals surface area contributed by atoms with Gasteiger partial charge < -0.3 is 10.1 Å². The third kappa shape index (κ3) is 3.63. The lowest BCUT2D eigenvalue weighted by molar-refractivity contribution is -0.143. The van der Waals surface area contributed by atoms with Crippen LogP contribution in [0, 0.1) is 0 Å². The number of nitrogens with one attached hydrogen (secondary N) is 1. The zero-order chi connectivity index (χ0) is 17.9. The van der Waals surface area contributed by atoms with Crippen LogP contribution in [0.15, 0.2) is 18.3 Å². The van der Waals surface area contributed by atoms with E-state index >= 15 is 0 Å². The van der Waals surface area contributed by atoms with Crippen LogP contribution >= 0.6 is 0 Å². The maximum Gasteiger partial charge on any atom is 0.434 e. The Morgan fingerprint density at radius 3 is 2.58 bits per heavy atom. The molecular weight excluding hydrogens is 327 g/mol. The molecule has 0 aliphatic carbocycles. The minimum Gasteiger partial charge on any atom is -0.480 e. The normalized spacial score (nSPS) is 12.8. The SMILES string of the molecule is CC[C@H](C)NC(=O)c1cnn(-c2ccc(OC)nn2)c1C(F)(F)F. The molecule has 0 saturated carbocycles. The second-order valence-electron chi connectivity index (χ2n) is 5.03. The number of methoxy groups -OCH3 is 1. The smallest absolute Gasteiger partial charge is 0.434 e. The molecule has 2 heterocycles. The standard InChI is InChI=1S/C14H16F3N5O2/c1-4-8(2)19-13(23)9-7-18-22(12(9)14(15,16)17)10-5-6-11(24-3)21-20-10/h5-8H,4H2,1-3H3,(H,19,23)/t8-/m0/s1. The molecule has 10 heteroatoms. The van der Waals surface area contributed by atoms with E-state index in [0.29, 0.717) is 11.1 Å². The van der Waals surface area contributed by atoms with Crippen molar-refractivity contribution in [2.24, 2.45) is 0 Å². The highest BCUT2D eigenvalue weighted by Crippen LogP contribution is 2.33. The Hall–Kier alpha value is -2.65. The van der Waals surface area contributed by atoms with Gasteiger partial charge in [0, 0.05) is 12.1 Å². The number of amides is 1. The summed E-state index contributed by atoms with van der Waals surface area (Å²) >= 11 is 0. The summed E-state index contributed by atoms with van der Waals surface area (Å²) in [6.45, 7) is 3.51. The van der Waals surface area contributed by atoms with Crippen molar-refractivity contribution in [2.45, 2.75) is 32.5 Å². The zero-order valence-electron chi connectivity index (χ0n) is 13.3. The van der Waals surface area contributed by atoms with Gasteiger partial charge in [-0.05, 0) is 19.4 Å². The van der Waals surface area contributed by atoms with Gasteiger partial charge in [0.25, 0.3) is 5.91 Å². The zero-order valence-corrected chi connectivity index (χ0v) is 13.3. The summed E-state index contributed by atoms with van der Waals surface area (Å²) in [5, 5.41) is 13.4. The summed E-state index contributed by atoms with van der Waals surface area (Å²) in [7, 11) is 1.36. The number of halogens is 3. The summed E-state index contributed by atoms with van der Waals surface area (Å²) in [6, 6.07) is 2.36. The highest BCUT2D eigenvalue weighted by molar-refractivity contribution is 5.95. The molecule has 130 valence electrons. The van der Waals surface area contributed by atoms with Crippen LogP contribution in [0.2, 0.25) is 0 Å². The number of nitrogens with zero attached hydrogens (tertiary/aromatic N) is 4. The Morgan fingerprint density at radius 1 is 1.38 bits per heavy atom. The minimum atomic E-state index is -4.79. The molecule has 2 rings (SSSR count). The average Bonchev–Trinajstić information content (AvgIpc) is 3.00. The fourth-order valence-electron chi connectivity index (χ4n) is 1.90. The molecule has 0 bridgehead atoms. The predicted octanol–water partition coefficient (Wildman–Crippen LogP) is 2.22. The van der Waals surface area contributed by atoms with E-state index in [2.05, 4.69) is 20.6 Å². The first-order chi connectivity index (χ1) is 11.3. The van der Waals surface area contributed by atoms with Crippen molar-refractivity contribution in [1.82, 2.24) is 25.3 Å². The Morgan fingerprint density at radius 2 is 2.08 bits per heavy atom. The summed E-state index contributed by atoms with van der Waals surface area (Å²) in [5.74, 6) is -0.871. The Kier molecular flexibility index (Phi) is 5.05. The fourth-order valence-corrected chi connectivity index (χ4v) is 1.90. The number of alkyl halides is 3. The number of ether oxygens (including phenoxy) is 1. The molecule has 0 spiro atoms. The van der Waals surface area contributed by atoms with Gasteiger partial charge >= 0.3 is 6.18 Å². The van der Waals surface area contributed by atoms with Gasteiger partial charge in [0.1, 0.15) is 0 Å². The number of carbonyl (C=O) groups excluding carboxylic acids is 1. The van der Waals surface area contributed by atoms with Gasteiger partial charge in [-0.1, -0.05) is 6.92 Å². The van der Waals surface area contributed by atoms with Crippen LogP contribution in [-0.2, 0) is 6.18 Å². The van der Waals surface area contributed by atoms with Crippen LogP contribution in [0.5, 0.6) is 5.88 Å². The highest BCUT2D eigenvalue weighted by Gasteiger charge is 2.41. The molecule has 0 aromatic carbocycles. The van der Waals surface area contributed by atoms with Crippen LogP contribution in [0.25, 0.3) is 5.82 Å². The predicted molar refractivity (Wildman–Crippen MR) is 77.9 cm³/mol. The van der Waals surface area contributed by atoms with E-state index < -0.39 is 23.3 Å². The molecule has 2 aromatic rings. The van der Waals surface area contributed by atoms with Crippen molar-refractivity contribution in [3.8, 4) is 11.7 Å². The van der Waals surface area contributed by atoms with Crippen molar-refractivity contribution in [1.29, 1.82) is 0 Å². The average molecular weight is 343 g/mol. The number of hydrogen-bond donors (Lipinski definition) is 1. The molecule has 0 radical (unpaired) electrons. The first-order valence-corrected chi connectivity index (χ1v) is 7.12. The fraction of sp³-hybridized carbons (Fsp3) is 0.429. The van der Waals surface area contributed by atoms with Crippen molar-refractivity contribution in [2.75, 3.05) is 7.11 Å². The van der Waals surface area contributed by atoms with Crippen molar-refractivity contribution in [3.63, 3.8) is 0 Å². The van der Waals surface area contributed by atoms with E-state index in [1.165, 1.54) is 19.2 Å². The van der Waals surface area contributed by atoms with E-state index in [1.54, 1.807) is 6.92 Å². The topological polar surface area (TPSA) is 81.9 Å². The molecular formula is C14H16F3N5O2. The van der Waals surface area contributed by atoms with E-state index in [0.717, 1.165) is 6.20 Å². The molecule has 0 aliphatic heterocycles. The van der Waals surface area contributed by atoms with Gasteiger partial charge in [-0.2, -0.15) is 18.3 Å². The van der Waals surface area contributed by atoms with Gasteiger partial charge in [-0.25, -0.2) is 4.68 Å². The van der Waals surface area contributed by atoms with Gasteiger partial charge in [0.2, 0.25) is 5.88 Å². The lowest BCUT2D eigenvalue weighted by atomic mass is 10.2. The van der Waals surface area contributed by atoms with E-state index in [-0.39, 0.29) is 17.7 Å². The Bertz CT molecular complexity index is 712. The summed E-state index contributed by atoms with van der Waals surface area (Å²) < 4.78 is 45.7. The largest absolute Gasteiger partial charge is 0.480 e. The molecule has 24 heavy (non-hydrogen) atoms. The molecule has 0 aliphatic rings. The van der Waals surface area contributed by atoms with Crippen LogP contribution in [0.1, 0.15) is 36.3 Å². The lowest BCUT2D eigenvalue weighted by Gasteiger charge is -2.14. The Labute approximate surface area is 135 Å². The summed E-state index contributed by atoms with van der Waals surface area (Å²) in [4.78, 5) is 12.1. The van der Waals surface area contributed by atoms with E-state index in [1.807, 2.05) is 6.92 Å². The van der Waals surface area contributed by atoms with Crippen LogP contribution in [0.3, 0.4) is 0 Å². The second-order valence-corrected chi connectivity index (χ2v) is 5.03. The minimum absolute atomic E-state index is 0.147. The summed E-state index contributed by atoms with van der Waals surface area (Å²) in [6.07, 6.45) is -3.34. The third-order valence-electron chi connectivity index (χ3n) is 3.32. The number of hydrogen-bond acceptors (Lipinski definition) is 5. The molecule has 2 aromatic heterocycles. The monoisotopic (exact) mass is 343 g/mol.